The molecule has 134 valence electrons. The predicted molar refractivity (Wildman–Crippen MR) is 103 cm³/mol. The first-order valence-corrected chi connectivity index (χ1v) is 10.2. The molecule has 22 heavy (non-hydrogen) atoms. The summed E-state index contributed by atoms with van der Waals surface area (Å²) in [6, 6.07) is 0. The van der Waals surface area contributed by atoms with Gasteiger partial charge in [-0.3, -0.25) is 0 Å². The molecule has 0 spiro atoms. The Balaban J connectivity index is 4.78. The second-order valence-corrected chi connectivity index (χ2v) is 9.13. The summed E-state index contributed by atoms with van der Waals surface area (Å²) in [5.41, 5.74) is 0.509. The molecule has 0 bridgehead atoms. The molecule has 0 amide bonds. The zero-order chi connectivity index (χ0) is 17.3. The van der Waals surface area contributed by atoms with Gasteiger partial charge in [-0.15, -0.1) is 0 Å². The monoisotopic (exact) mass is 310 g/mol. The van der Waals surface area contributed by atoms with Gasteiger partial charge in [0.15, 0.2) is 0 Å². The Labute approximate surface area is 142 Å². The maximum atomic E-state index is 2.59. The number of hydrogen-bond donors (Lipinski definition) is 0. The van der Waals surface area contributed by atoms with Crippen molar-refractivity contribution in [1.29, 1.82) is 0 Å². The smallest absolute Gasteiger partial charge is 0.0272 e. The molecular formula is C22H46. The van der Waals surface area contributed by atoms with Gasteiger partial charge in [-0.05, 0) is 47.8 Å². The van der Waals surface area contributed by atoms with Gasteiger partial charge < -0.3 is 0 Å². The van der Waals surface area contributed by atoms with Gasteiger partial charge in [0.2, 0.25) is 0 Å². The van der Waals surface area contributed by atoms with E-state index >= 15 is 0 Å². The maximum absolute atomic E-state index is 2.59. The van der Waals surface area contributed by atoms with Crippen molar-refractivity contribution < 1.29 is 0 Å². The van der Waals surface area contributed by atoms with Crippen LogP contribution in [0.1, 0.15) is 107 Å². The first-order chi connectivity index (χ1) is 10.2. The highest BCUT2D eigenvalue weighted by Gasteiger charge is 2.37. The topological polar surface area (TPSA) is 0 Å². The molecule has 0 nitrogen and oxygen atoms in total. The zero-order valence-electron chi connectivity index (χ0n) is 17.3. The molecule has 0 heterocycles. The highest BCUT2D eigenvalue weighted by atomic mass is 14.4. The van der Waals surface area contributed by atoms with Crippen LogP contribution in [0.4, 0.5) is 0 Å². The molecule has 0 fully saturated rings. The summed E-state index contributed by atoms with van der Waals surface area (Å²) >= 11 is 0. The summed E-state index contributed by atoms with van der Waals surface area (Å²) in [5, 5.41) is 0. The van der Waals surface area contributed by atoms with E-state index in [1.54, 1.807) is 0 Å². The second kappa shape index (κ2) is 10.7. The average Bonchev–Trinajstić information content (AvgIpc) is 2.43. The summed E-state index contributed by atoms with van der Waals surface area (Å²) in [6.45, 7) is 22.0. The molecule has 0 aliphatic rings. The van der Waals surface area contributed by atoms with Crippen LogP contribution in [-0.4, -0.2) is 0 Å². The maximum Gasteiger partial charge on any atom is -0.0272 e. The van der Waals surface area contributed by atoms with Crippen LogP contribution in [0.5, 0.6) is 0 Å². The van der Waals surface area contributed by atoms with Gasteiger partial charge >= 0.3 is 0 Å². The van der Waals surface area contributed by atoms with E-state index in [4.69, 9.17) is 0 Å². The summed E-state index contributed by atoms with van der Waals surface area (Å²) in [6.07, 6.45) is 9.65. The fraction of sp³-hybridized carbons (Fsp3) is 1.00. The van der Waals surface area contributed by atoms with E-state index in [-0.39, 0.29) is 0 Å². The molecule has 0 saturated heterocycles. The van der Waals surface area contributed by atoms with Crippen molar-refractivity contribution >= 4 is 0 Å². The molecule has 0 aromatic heterocycles. The molecule has 0 heteroatoms. The predicted octanol–water partition coefficient (Wildman–Crippen LogP) is 7.96. The first kappa shape index (κ1) is 22.0. The van der Waals surface area contributed by atoms with Crippen LogP contribution in [0, 0.1) is 35.0 Å². The highest BCUT2D eigenvalue weighted by molar-refractivity contribution is 4.86. The van der Waals surface area contributed by atoms with Crippen molar-refractivity contribution in [2.75, 3.05) is 0 Å². The van der Waals surface area contributed by atoms with Crippen molar-refractivity contribution in [2.24, 2.45) is 35.0 Å². The molecule has 0 N–H and O–H groups in total. The van der Waals surface area contributed by atoms with Gasteiger partial charge in [0.1, 0.15) is 0 Å². The first-order valence-electron chi connectivity index (χ1n) is 10.2. The van der Waals surface area contributed by atoms with E-state index in [1.807, 2.05) is 0 Å². The molecule has 0 aromatic carbocycles. The van der Waals surface area contributed by atoms with Crippen molar-refractivity contribution in [3.05, 3.63) is 0 Å². The molecule has 0 aromatic rings. The largest absolute Gasteiger partial charge is 0.0654 e. The average molecular weight is 311 g/mol. The standard InChI is InChI=1S/C22H46/c1-10-12-19(6)16-22(9,20(7)11-2)21(8)15-18(5)14-13-17(3)4/h17-21H,10-16H2,1-9H3. The lowest BCUT2D eigenvalue weighted by atomic mass is 9.61. The van der Waals surface area contributed by atoms with Crippen LogP contribution < -0.4 is 0 Å². The van der Waals surface area contributed by atoms with Crippen LogP contribution in [0.2, 0.25) is 0 Å². The molecule has 5 atom stereocenters. The molecule has 0 aliphatic carbocycles. The molecule has 0 aliphatic heterocycles. The van der Waals surface area contributed by atoms with Crippen LogP contribution >= 0.6 is 0 Å². The third kappa shape index (κ3) is 7.51. The molecular weight excluding hydrogens is 264 g/mol. The number of hydrogen-bond acceptors (Lipinski definition) is 0. The Kier molecular flexibility index (Phi) is 10.7. The van der Waals surface area contributed by atoms with Gasteiger partial charge in [0, 0.05) is 0 Å². The van der Waals surface area contributed by atoms with Crippen LogP contribution in [0.3, 0.4) is 0 Å². The van der Waals surface area contributed by atoms with Gasteiger partial charge in [0.05, 0.1) is 0 Å². The van der Waals surface area contributed by atoms with Crippen molar-refractivity contribution in [2.45, 2.75) is 107 Å². The Morgan fingerprint density at radius 2 is 1.32 bits per heavy atom. The Hall–Kier alpha value is 0. The normalized spacial score (nSPS) is 20.5. The lowest BCUT2D eigenvalue weighted by Crippen LogP contribution is -2.35. The van der Waals surface area contributed by atoms with Crippen LogP contribution in [0.15, 0.2) is 0 Å². The fourth-order valence-corrected chi connectivity index (χ4v) is 4.31. The van der Waals surface area contributed by atoms with Crippen molar-refractivity contribution in [3.63, 3.8) is 0 Å². The molecule has 0 radical (unpaired) electrons. The van der Waals surface area contributed by atoms with Crippen molar-refractivity contribution in [3.8, 4) is 0 Å². The highest BCUT2D eigenvalue weighted by Crippen LogP contribution is 2.46. The van der Waals surface area contributed by atoms with Crippen LogP contribution in [-0.2, 0) is 0 Å². The zero-order valence-corrected chi connectivity index (χ0v) is 17.3. The summed E-state index contributed by atoms with van der Waals surface area (Å²) < 4.78 is 0. The Morgan fingerprint density at radius 1 is 0.727 bits per heavy atom. The lowest BCUT2D eigenvalue weighted by Gasteiger charge is -2.44. The van der Waals surface area contributed by atoms with Crippen molar-refractivity contribution in [1.82, 2.24) is 0 Å². The van der Waals surface area contributed by atoms with Gasteiger partial charge in [-0.1, -0.05) is 94.4 Å². The Morgan fingerprint density at radius 3 is 1.77 bits per heavy atom. The van der Waals surface area contributed by atoms with Crippen LogP contribution in [0.25, 0.3) is 0 Å². The molecule has 0 rings (SSSR count). The third-order valence-corrected chi connectivity index (χ3v) is 6.43. The quantitative estimate of drug-likeness (QED) is 0.343. The number of rotatable bonds is 12. The van der Waals surface area contributed by atoms with Gasteiger partial charge in [-0.25, -0.2) is 0 Å². The minimum Gasteiger partial charge on any atom is -0.0654 e. The van der Waals surface area contributed by atoms with Gasteiger partial charge in [0.25, 0.3) is 0 Å². The summed E-state index contributed by atoms with van der Waals surface area (Å²) in [7, 11) is 0. The molecule has 0 saturated carbocycles. The summed E-state index contributed by atoms with van der Waals surface area (Å²) in [5.74, 6) is 4.27. The van der Waals surface area contributed by atoms with E-state index in [0.29, 0.717) is 5.41 Å². The minimum absolute atomic E-state index is 0.509. The third-order valence-electron chi connectivity index (χ3n) is 6.43. The SMILES string of the molecule is CCCC(C)CC(C)(C(C)CC)C(C)CC(C)CCC(C)C. The fourth-order valence-electron chi connectivity index (χ4n) is 4.31. The Bertz CT molecular complexity index is 267. The molecule has 5 unspecified atom stereocenters. The second-order valence-electron chi connectivity index (χ2n) is 9.13. The lowest BCUT2D eigenvalue weighted by molar-refractivity contribution is 0.0599. The van der Waals surface area contributed by atoms with E-state index < -0.39 is 0 Å². The van der Waals surface area contributed by atoms with Gasteiger partial charge in [-0.2, -0.15) is 0 Å². The van der Waals surface area contributed by atoms with E-state index in [1.165, 1.54) is 44.9 Å². The summed E-state index contributed by atoms with van der Waals surface area (Å²) in [4.78, 5) is 0. The van der Waals surface area contributed by atoms with E-state index in [2.05, 4.69) is 62.3 Å². The van der Waals surface area contributed by atoms with E-state index in [9.17, 15) is 0 Å². The minimum atomic E-state index is 0.509. The van der Waals surface area contributed by atoms with E-state index in [0.717, 1.165) is 29.6 Å².